The molecule has 0 radical (unpaired) electrons. The van der Waals surface area contributed by atoms with Gasteiger partial charge in [-0.1, -0.05) is 18.2 Å². The van der Waals surface area contributed by atoms with Gasteiger partial charge in [-0.25, -0.2) is 0 Å². The number of ether oxygens (including phenoxy) is 4. The van der Waals surface area contributed by atoms with Crippen LogP contribution in [0.3, 0.4) is 0 Å². The van der Waals surface area contributed by atoms with Crippen molar-refractivity contribution in [1.82, 2.24) is 4.90 Å². The topological polar surface area (TPSA) is 40.2 Å². The van der Waals surface area contributed by atoms with Crippen LogP contribution in [0, 0.1) is 0 Å². The Labute approximate surface area is 161 Å². The smallest absolute Gasteiger partial charge is 0.161 e. The van der Waals surface area contributed by atoms with Crippen molar-refractivity contribution in [2.45, 2.75) is 12.5 Å². The van der Waals surface area contributed by atoms with Crippen molar-refractivity contribution >= 4 is 6.08 Å². The molecular formula is C22H27NO4. The van der Waals surface area contributed by atoms with E-state index in [9.17, 15) is 0 Å². The Kier molecular flexibility index (Phi) is 5.91. The molecule has 0 saturated heterocycles. The molecule has 0 amide bonds. The molecule has 1 heterocycles. The number of benzene rings is 2. The third-order valence-electron chi connectivity index (χ3n) is 5.05. The van der Waals surface area contributed by atoms with Gasteiger partial charge in [0.15, 0.2) is 23.0 Å². The molecule has 3 rings (SSSR count). The van der Waals surface area contributed by atoms with Crippen molar-refractivity contribution in [3.8, 4) is 23.0 Å². The third-order valence-corrected chi connectivity index (χ3v) is 5.05. The van der Waals surface area contributed by atoms with E-state index >= 15 is 0 Å². The van der Waals surface area contributed by atoms with Crippen LogP contribution in [0.5, 0.6) is 23.0 Å². The fourth-order valence-electron chi connectivity index (χ4n) is 3.51. The lowest BCUT2D eigenvalue weighted by Gasteiger charge is -2.33. The van der Waals surface area contributed by atoms with Crippen molar-refractivity contribution < 1.29 is 18.9 Å². The summed E-state index contributed by atoms with van der Waals surface area (Å²) in [5.41, 5.74) is 3.61. The highest BCUT2D eigenvalue weighted by molar-refractivity contribution is 5.58. The van der Waals surface area contributed by atoms with Gasteiger partial charge in [-0.05, 0) is 54.4 Å². The van der Waals surface area contributed by atoms with Crippen LogP contribution in [0.25, 0.3) is 6.08 Å². The molecule has 0 N–H and O–H groups in total. The van der Waals surface area contributed by atoms with Gasteiger partial charge in [-0.3, -0.25) is 4.90 Å². The Balaban J connectivity index is 1.94. The maximum absolute atomic E-state index is 5.51. The summed E-state index contributed by atoms with van der Waals surface area (Å²) in [6.07, 6.45) is 5.33. The SMILES string of the molecule is COc1ccc(/C=C/C2c3cc(OC)c(OC)cc3CCN2C)cc1OC. The molecule has 1 atom stereocenters. The molecule has 5 heteroatoms. The molecule has 27 heavy (non-hydrogen) atoms. The van der Waals surface area contributed by atoms with E-state index in [4.69, 9.17) is 18.9 Å². The predicted octanol–water partition coefficient (Wildman–Crippen LogP) is 3.96. The maximum atomic E-state index is 5.51. The average Bonchev–Trinajstić information content (AvgIpc) is 2.71. The highest BCUT2D eigenvalue weighted by Crippen LogP contribution is 2.38. The van der Waals surface area contributed by atoms with Crippen molar-refractivity contribution in [3.63, 3.8) is 0 Å². The van der Waals surface area contributed by atoms with Gasteiger partial charge in [-0.2, -0.15) is 0 Å². The Bertz CT molecular complexity index is 831. The maximum Gasteiger partial charge on any atom is 0.161 e. The van der Waals surface area contributed by atoms with E-state index in [-0.39, 0.29) is 6.04 Å². The Morgan fingerprint density at radius 3 is 2.15 bits per heavy atom. The van der Waals surface area contributed by atoms with Gasteiger partial charge in [-0.15, -0.1) is 0 Å². The van der Waals surface area contributed by atoms with E-state index < -0.39 is 0 Å². The number of methoxy groups -OCH3 is 4. The Morgan fingerprint density at radius 2 is 1.48 bits per heavy atom. The summed E-state index contributed by atoms with van der Waals surface area (Å²) >= 11 is 0. The van der Waals surface area contributed by atoms with Crippen LogP contribution in [-0.4, -0.2) is 46.9 Å². The van der Waals surface area contributed by atoms with Gasteiger partial charge in [0.1, 0.15) is 0 Å². The summed E-state index contributed by atoms with van der Waals surface area (Å²) in [6, 6.07) is 10.3. The first-order valence-corrected chi connectivity index (χ1v) is 8.96. The van der Waals surface area contributed by atoms with E-state index in [2.05, 4.69) is 36.2 Å². The summed E-state index contributed by atoms with van der Waals surface area (Å²) in [6.45, 7) is 0.990. The van der Waals surface area contributed by atoms with E-state index in [1.165, 1.54) is 11.1 Å². The number of nitrogens with zero attached hydrogens (tertiary/aromatic N) is 1. The zero-order valence-electron chi connectivity index (χ0n) is 16.6. The quantitative estimate of drug-likeness (QED) is 0.771. The van der Waals surface area contributed by atoms with E-state index in [1.54, 1.807) is 28.4 Å². The molecule has 5 nitrogen and oxygen atoms in total. The molecule has 0 spiro atoms. The minimum atomic E-state index is 0.168. The molecule has 1 aliphatic rings. The van der Waals surface area contributed by atoms with Gasteiger partial charge in [0, 0.05) is 6.54 Å². The van der Waals surface area contributed by atoms with Crippen molar-refractivity contribution in [3.05, 3.63) is 53.1 Å². The fraction of sp³-hybridized carbons (Fsp3) is 0.364. The molecular weight excluding hydrogens is 342 g/mol. The van der Waals surface area contributed by atoms with Crippen LogP contribution in [0.2, 0.25) is 0 Å². The molecule has 0 saturated carbocycles. The Hall–Kier alpha value is -2.66. The van der Waals surface area contributed by atoms with Crippen molar-refractivity contribution in [2.75, 3.05) is 42.0 Å². The highest BCUT2D eigenvalue weighted by atomic mass is 16.5. The van der Waals surface area contributed by atoms with E-state index in [1.807, 2.05) is 18.2 Å². The van der Waals surface area contributed by atoms with E-state index in [0.717, 1.165) is 41.5 Å². The normalized spacial score (nSPS) is 16.9. The van der Waals surface area contributed by atoms with Gasteiger partial charge in [0.25, 0.3) is 0 Å². The average molecular weight is 369 g/mol. The van der Waals surface area contributed by atoms with Gasteiger partial charge in [0.2, 0.25) is 0 Å². The number of hydrogen-bond acceptors (Lipinski definition) is 5. The first-order valence-electron chi connectivity index (χ1n) is 8.96. The predicted molar refractivity (Wildman–Crippen MR) is 107 cm³/mol. The largest absolute Gasteiger partial charge is 0.493 e. The summed E-state index contributed by atoms with van der Waals surface area (Å²) in [7, 11) is 8.78. The highest BCUT2D eigenvalue weighted by Gasteiger charge is 2.25. The number of likely N-dealkylation sites (N-methyl/N-ethyl adjacent to an activating group) is 1. The molecule has 0 fully saturated rings. The van der Waals surface area contributed by atoms with Crippen LogP contribution in [0.15, 0.2) is 36.4 Å². The summed E-state index contributed by atoms with van der Waals surface area (Å²) in [5, 5.41) is 0. The fourth-order valence-corrected chi connectivity index (χ4v) is 3.51. The zero-order chi connectivity index (χ0) is 19.4. The zero-order valence-corrected chi connectivity index (χ0v) is 16.6. The lowest BCUT2D eigenvalue weighted by atomic mass is 9.91. The molecule has 0 bridgehead atoms. The van der Waals surface area contributed by atoms with Gasteiger partial charge >= 0.3 is 0 Å². The second-order valence-corrected chi connectivity index (χ2v) is 6.55. The monoisotopic (exact) mass is 369 g/mol. The van der Waals surface area contributed by atoms with Crippen molar-refractivity contribution in [1.29, 1.82) is 0 Å². The first-order chi connectivity index (χ1) is 13.1. The lowest BCUT2D eigenvalue weighted by molar-refractivity contribution is 0.270. The van der Waals surface area contributed by atoms with Crippen LogP contribution >= 0.6 is 0 Å². The summed E-state index contributed by atoms with van der Waals surface area (Å²) in [4.78, 5) is 2.34. The number of rotatable bonds is 6. The first kappa shape index (κ1) is 19.1. The van der Waals surface area contributed by atoms with Gasteiger partial charge in [0.05, 0.1) is 34.5 Å². The lowest BCUT2D eigenvalue weighted by Crippen LogP contribution is -2.31. The van der Waals surface area contributed by atoms with Crippen LogP contribution < -0.4 is 18.9 Å². The summed E-state index contributed by atoms with van der Waals surface area (Å²) in [5.74, 6) is 2.99. The van der Waals surface area contributed by atoms with Crippen LogP contribution in [0.4, 0.5) is 0 Å². The molecule has 1 unspecified atom stereocenters. The standard InChI is InChI=1S/C22H27NO4/c1-23-11-10-16-13-21(26-4)22(27-5)14-17(16)18(23)8-6-15-7-9-19(24-2)20(12-15)25-3/h6-9,12-14,18H,10-11H2,1-5H3/b8-6+. The number of hydrogen-bond donors (Lipinski definition) is 0. The minimum absolute atomic E-state index is 0.168. The molecule has 2 aromatic carbocycles. The second-order valence-electron chi connectivity index (χ2n) is 6.55. The molecule has 1 aliphatic heterocycles. The van der Waals surface area contributed by atoms with E-state index in [0.29, 0.717) is 0 Å². The van der Waals surface area contributed by atoms with Crippen LogP contribution in [-0.2, 0) is 6.42 Å². The Morgan fingerprint density at radius 1 is 0.852 bits per heavy atom. The second kappa shape index (κ2) is 8.35. The van der Waals surface area contributed by atoms with Crippen LogP contribution in [0.1, 0.15) is 22.7 Å². The molecule has 0 aliphatic carbocycles. The molecule has 144 valence electrons. The third kappa shape index (κ3) is 3.88. The molecule has 2 aromatic rings. The number of fused-ring (bicyclic) bond motifs is 1. The molecule has 0 aromatic heterocycles. The summed E-state index contributed by atoms with van der Waals surface area (Å²) < 4.78 is 21.7. The van der Waals surface area contributed by atoms with Crippen molar-refractivity contribution in [2.24, 2.45) is 0 Å². The minimum Gasteiger partial charge on any atom is -0.493 e. The van der Waals surface area contributed by atoms with Gasteiger partial charge < -0.3 is 18.9 Å².